The van der Waals surface area contributed by atoms with Gasteiger partial charge in [0.25, 0.3) is 0 Å². The first-order valence-electron chi connectivity index (χ1n) is 6.42. The van der Waals surface area contributed by atoms with E-state index in [9.17, 15) is 4.79 Å². The van der Waals surface area contributed by atoms with Crippen molar-refractivity contribution in [1.82, 2.24) is 9.78 Å². The Balaban J connectivity index is 2.25. The summed E-state index contributed by atoms with van der Waals surface area (Å²) in [5, 5.41) is 4.59. The van der Waals surface area contributed by atoms with Crippen LogP contribution in [0.3, 0.4) is 0 Å². The topological polar surface area (TPSA) is 34.9 Å². The third-order valence-corrected chi connectivity index (χ3v) is 3.38. The highest BCUT2D eigenvalue weighted by Gasteiger charge is 2.17. The molecule has 0 atom stereocenters. The van der Waals surface area contributed by atoms with Gasteiger partial charge in [-0.2, -0.15) is 5.10 Å². The molecule has 0 N–H and O–H groups in total. The van der Waals surface area contributed by atoms with E-state index in [2.05, 4.69) is 5.10 Å². The van der Waals surface area contributed by atoms with Crippen LogP contribution >= 0.6 is 11.6 Å². The van der Waals surface area contributed by atoms with Gasteiger partial charge in [0.15, 0.2) is 5.78 Å². The molecule has 0 saturated heterocycles. The Labute approximate surface area is 118 Å². The number of aryl methyl sites for hydroxylation is 2. The van der Waals surface area contributed by atoms with E-state index in [4.69, 9.17) is 11.6 Å². The van der Waals surface area contributed by atoms with E-state index in [1.54, 1.807) is 10.9 Å². The molecule has 0 aliphatic heterocycles. The van der Waals surface area contributed by atoms with Gasteiger partial charge in [0.2, 0.25) is 0 Å². The normalized spacial score (nSPS) is 10.7. The number of benzene rings is 1. The number of nitrogens with zero attached hydrogens (tertiary/aromatic N) is 2. The van der Waals surface area contributed by atoms with E-state index in [-0.39, 0.29) is 5.78 Å². The highest BCUT2D eigenvalue weighted by molar-refractivity contribution is 6.33. The molecule has 1 aromatic carbocycles. The summed E-state index contributed by atoms with van der Waals surface area (Å²) in [5.74, 6) is 0.0188. The lowest BCUT2D eigenvalue weighted by Crippen LogP contribution is -2.13. The quantitative estimate of drug-likeness (QED) is 0.781. The molecular formula is C15H17ClN2O. The Morgan fingerprint density at radius 3 is 2.79 bits per heavy atom. The van der Waals surface area contributed by atoms with Crippen LogP contribution in [-0.4, -0.2) is 15.6 Å². The summed E-state index contributed by atoms with van der Waals surface area (Å²) in [7, 11) is 0. The summed E-state index contributed by atoms with van der Waals surface area (Å²) in [5.41, 5.74) is 2.67. The van der Waals surface area contributed by atoms with E-state index in [0.717, 1.165) is 17.5 Å². The van der Waals surface area contributed by atoms with Crippen LogP contribution < -0.4 is 0 Å². The monoisotopic (exact) mass is 276 g/mol. The van der Waals surface area contributed by atoms with Crippen molar-refractivity contribution >= 4 is 17.4 Å². The average molecular weight is 277 g/mol. The fraction of sp³-hybridized carbons (Fsp3) is 0.333. The molecule has 2 rings (SSSR count). The molecule has 2 aromatic rings. The van der Waals surface area contributed by atoms with Crippen LogP contribution in [0.25, 0.3) is 0 Å². The molecule has 0 radical (unpaired) electrons. The molecule has 0 bridgehead atoms. The van der Waals surface area contributed by atoms with Gasteiger partial charge in [-0.05, 0) is 24.5 Å². The SMILES string of the molecule is CCCn1ncc(Cl)c1C(=O)Cc1ccccc1C. The molecule has 1 heterocycles. The van der Waals surface area contributed by atoms with Crippen LogP contribution in [0.1, 0.15) is 35.0 Å². The van der Waals surface area contributed by atoms with E-state index in [0.29, 0.717) is 23.7 Å². The highest BCUT2D eigenvalue weighted by atomic mass is 35.5. The summed E-state index contributed by atoms with van der Waals surface area (Å²) < 4.78 is 1.70. The largest absolute Gasteiger partial charge is 0.292 e. The summed E-state index contributed by atoms with van der Waals surface area (Å²) in [6.45, 7) is 4.76. The number of Topliss-reactive ketones (excluding diaryl/α,β-unsaturated/α-hetero) is 1. The summed E-state index contributed by atoms with van der Waals surface area (Å²) in [6, 6.07) is 7.90. The van der Waals surface area contributed by atoms with Gasteiger partial charge in [0.1, 0.15) is 5.69 Å². The molecule has 0 unspecified atom stereocenters. The third kappa shape index (κ3) is 3.04. The van der Waals surface area contributed by atoms with Crippen LogP contribution in [0.4, 0.5) is 0 Å². The first-order chi connectivity index (χ1) is 9.13. The van der Waals surface area contributed by atoms with Crippen LogP contribution in [0, 0.1) is 6.92 Å². The first kappa shape index (κ1) is 13.8. The van der Waals surface area contributed by atoms with Crippen molar-refractivity contribution in [1.29, 1.82) is 0 Å². The Hall–Kier alpha value is -1.61. The highest BCUT2D eigenvalue weighted by Crippen LogP contribution is 2.19. The lowest BCUT2D eigenvalue weighted by atomic mass is 10.0. The smallest absolute Gasteiger partial charge is 0.186 e. The Morgan fingerprint density at radius 2 is 2.11 bits per heavy atom. The number of hydrogen-bond donors (Lipinski definition) is 0. The van der Waals surface area contributed by atoms with Gasteiger partial charge < -0.3 is 0 Å². The maximum Gasteiger partial charge on any atom is 0.186 e. The second kappa shape index (κ2) is 6.02. The van der Waals surface area contributed by atoms with Crippen molar-refractivity contribution in [3.63, 3.8) is 0 Å². The van der Waals surface area contributed by atoms with Crippen LogP contribution in [0.2, 0.25) is 5.02 Å². The Bertz CT molecular complexity index is 590. The number of rotatable bonds is 5. The number of hydrogen-bond acceptors (Lipinski definition) is 2. The fourth-order valence-corrected chi connectivity index (χ4v) is 2.33. The first-order valence-corrected chi connectivity index (χ1v) is 6.80. The van der Waals surface area contributed by atoms with Crippen molar-refractivity contribution in [2.75, 3.05) is 0 Å². The van der Waals surface area contributed by atoms with Crippen molar-refractivity contribution < 1.29 is 4.79 Å². The van der Waals surface area contributed by atoms with Gasteiger partial charge in [-0.1, -0.05) is 42.8 Å². The van der Waals surface area contributed by atoms with Gasteiger partial charge in [-0.25, -0.2) is 0 Å². The van der Waals surface area contributed by atoms with Gasteiger partial charge >= 0.3 is 0 Å². The van der Waals surface area contributed by atoms with E-state index in [1.807, 2.05) is 38.1 Å². The average Bonchev–Trinajstić information content (AvgIpc) is 2.74. The second-order valence-electron chi connectivity index (χ2n) is 4.59. The minimum atomic E-state index is 0.0188. The van der Waals surface area contributed by atoms with E-state index in [1.165, 1.54) is 0 Å². The number of carbonyl (C=O) groups excluding carboxylic acids is 1. The molecule has 100 valence electrons. The van der Waals surface area contributed by atoms with Crippen molar-refractivity contribution in [3.8, 4) is 0 Å². The summed E-state index contributed by atoms with van der Waals surface area (Å²) >= 11 is 6.08. The van der Waals surface area contributed by atoms with Gasteiger partial charge in [-0.3, -0.25) is 9.48 Å². The number of aromatic nitrogens is 2. The number of halogens is 1. The molecule has 3 nitrogen and oxygen atoms in total. The molecule has 0 aliphatic carbocycles. The Kier molecular flexibility index (Phi) is 4.38. The maximum atomic E-state index is 12.4. The molecule has 0 spiro atoms. The van der Waals surface area contributed by atoms with Gasteiger partial charge in [0, 0.05) is 13.0 Å². The molecule has 0 amide bonds. The zero-order chi connectivity index (χ0) is 13.8. The van der Waals surface area contributed by atoms with Crippen molar-refractivity contribution in [2.24, 2.45) is 0 Å². The molecular weight excluding hydrogens is 260 g/mol. The Morgan fingerprint density at radius 1 is 1.37 bits per heavy atom. The predicted octanol–water partition coefficient (Wildman–Crippen LogP) is 3.68. The van der Waals surface area contributed by atoms with E-state index >= 15 is 0 Å². The number of carbonyl (C=O) groups is 1. The van der Waals surface area contributed by atoms with Gasteiger partial charge in [-0.15, -0.1) is 0 Å². The van der Waals surface area contributed by atoms with Crippen molar-refractivity contribution in [3.05, 3.63) is 52.3 Å². The molecule has 1 aromatic heterocycles. The lowest BCUT2D eigenvalue weighted by Gasteiger charge is -2.07. The standard InChI is InChI=1S/C15H17ClN2O/c1-3-8-18-15(13(16)10-17-18)14(19)9-12-7-5-4-6-11(12)2/h4-7,10H,3,8-9H2,1-2H3. The number of ketones is 1. The lowest BCUT2D eigenvalue weighted by molar-refractivity contribution is 0.0982. The fourth-order valence-electron chi connectivity index (χ4n) is 2.09. The van der Waals surface area contributed by atoms with Gasteiger partial charge in [0.05, 0.1) is 11.2 Å². The minimum Gasteiger partial charge on any atom is -0.292 e. The predicted molar refractivity (Wildman–Crippen MR) is 76.7 cm³/mol. The zero-order valence-electron chi connectivity index (χ0n) is 11.2. The maximum absolute atomic E-state index is 12.4. The van der Waals surface area contributed by atoms with Crippen LogP contribution in [-0.2, 0) is 13.0 Å². The molecule has 0 fully saturated rings. The molecule has 0 saturated carbocycles. The van der Waals surface area contributed by atoms with Crippen LogP contribution in [0.15, 0.2) is 30.5 Å². The molecule has 19 heavy (non-hydrogen) atoms. The molecule has 4 heteroatoms. The minimum absolute atomic E-state index is 0.0188. The zero-order valence-corrected chi connectivity index (χ0v) is 11.9. The summed E-state index contributed by atoms with van der Waals surface area (Å²) in [6.07, 6.45) is 2.83. The van der Waals surface area contributed by atoms with Crippen LogP contribution in [0.5, 0.6) is 0 Å². The molecule has 0 aliphatic rings. The summed E-state index contributed by atoms with van der Waals surface area (Å²) in [4.78, 5) is 12.4. The van der Waals surface area contributed by atoms with E-state index < -0.39 is 0 Å². The second-order valence-corrected chi connectivity index (χ2v) is 5.00. The third-order valence-electron chi connectivity index (χ3n) is 3.11. The van der Waals surface area contributed by atoms with Crippen molar-refractivity contribution in [2.45, 2.75) is 33.2 Å².